The molecule has 1 aromatic carbocycles. The average Bonchev–Trinajstić information content (AvgIpc) is 3.20. The zero-order valence-corrected chi connectivity index (χ0v) is 10.4. The van der Waals surface area contributed by atoms with Crippen molar-refractivity contribution in [1.29, 1.82) is 0 Å². The molecule has 0 bridgehead atoms. The third-order valence-corrected chi connectivity index (χ3v) is 3.55. The molecule has 2 aromatic rings. The molecule has 1 saturated carbocycles. The standard InChI is InChI=1S/C15H16N2O/c1-11-9-13(12-5-3-2-4-6-12)17-14(16-11)15(10-18)7-8-15/h2-6,9,18H,7-8,10H2,1H3. The molecule has 1 aliphatic rings. The second kappa shape index (κ2) is 4.18. The van der Waals surface area contributed by atoms with Gasteiger partial charge in [0.1, 0.15) is 5.82 Å². The number of nitrogens with zero attached hydrogens (tertiary/aromatic N) is 2. The van der Waals surface area contributed by atoms with E-state index in [1.165, 1.54) is 0 Å². The first kappa shape index (κ1) is 11.4. The summed E-state index contributed by atoms with van der Waals surface area (Å²) in [6, 6.07) is 12.1. The van der Waals surface area contributed by atoms with Gasteiger partial charge in [-0.25, -0.2) is 9.97 Å². The minimum absolute atomic E-state index is 0.144. The van der Waals surface area contributed by atoms with Crippen molar-refractivity contribution in [3.63, 3.8) is 0 Å². The summed E-state index contributed by atoms with van der Waals surface area (Å²) in [5, 5.41) is 9.48. The summed E-state index contributed by atoms with van der Waals surface area (Å²) in [6.45, 7) is 2.12. The van der Waals surface area contributed by atoms with Crippen molar-refractivity contribution >= 4 is 0 Å². The summed E-state index contributed by atoms with van der Waals surface area (Å²) < 4.78 is 0. The minimum Gasteiger partial charge on any atom is -0.395 e. The predicted molar refractivity (Wildman–Crippen MR) is 70.2 cm³/mol. The Labute approximate surface area is 107 Å². The van der Waals surface area contributed by atoms with Crippen molar-refractivity contribution in [3.05, 3.63) is 47.9 Å². The Morgan fingerprint density at radius 1 is 1.17 bits per heavy atom. The monoisotopic (exact) mass is 240 g/mol. The highest BCUT2D eigenvalue weighted by atomic mass is 16.3. The Morgan fingerprint density at radius 2 is 1.89 bits per heavy atom. The largest absolute Gasteiger partial charge is 0.395 e. The molecule has 0 unspecified atom stereocenters. The third kappa shape index (κ3) is 1.91. The number of hydrogen-bond acceptors (Lipinski definition) is 3. The first-order chi connectivity index (χ1) is 8.73. The molecule has 0 atom stereocenters. The Bertz CT molecular complexity index is 562. The molecule has 0 radical (unpaired) electrons. The second-order valence-corrected chi connectivity index (χ2v) is 5.02. The van der Waals surface area contributed by atoms with E-state index in [4.69, 9.17) is 0 Å². The molecule has 0 amide bonds. The number of aliphatic hydroxyl groups is 1. The van der Waals surface area contributed by atoms with E-state index in [1.807, 2.05) is 43.3 Å². The molecule has 1 aromatic heterocycles. The number of aliphatic hydroxyl groups excluding tert-OH is 1. The van der Waals surface area contributed by atoms with Crippen LogP contribution in [-0.2, 0) is 5.41 Å². The molecule has 0 aliphatic heterocycles. The minimum atomic E-state index is -0.171. The van der Waals surface area contributed by atoms with Gasteiger partial charge in [0.2, 0.25) is 0 Å². The van der Waals surface area contributed by atoms with Crippen LogP contribution in [0.4, 0.5) is 0 Å². The summed E-state index contributed by atoms with van der Waals surface area (Å²) in [5.74, 6) is 0.795. The van der Waals surface area contributed by atoms with Crippen LogP contribution in [0, 0.1) is 6.92 Å². The van der Waals surface area contributed by atoms with E-state index in [0.717, 1.165) is 35.6 Å². The Morgan fingerprint density at radius 3 is 2.50 bits per heavy atom. The normalized spacial score (nSPS) is 16.6. The van der Waals surface area contributed by atoms with Gasteiger partial charge in [0.15, 0.2) is 0 Å². The molecular formula is C15H16N2O. The second-order valence-electron chi connectivity index (χ2n) is 5.02. The van der Waals surface area contributed by atoms with Crippen LogP contribution in [0.25, 0.3) is 11.3 Å². The number of aromatic nitrogens is 2. The Balaban J connectivity index is 2.07. The van der Waals surface area contributed by atoms with Crippen LogP contribution in [0.15, 0.2) is 36.4 Å². The fourth-order valence-corrected chi connectivity index (χ4v) is 2.17. The van der Waals surface area contributed by atoms with Crippen LogP contribution in [0.3, 0.4) is 0 Å². The van der Waals surface area contributed by atoms with E-state index in [-0.39, 0.29) is 12.0 Å². The predicted octanol–water partition coefficient (Wildman–Crippen LogP) is 2.48. The topological polar surface area (TPSA) is 46.0 Å². The van der Waals surface area contributed by atoms with Crippen molar-refractivity contribution in [3.8, 4) is 11.3 Å². The van der Waals surface area contributed by atoms with Crippen molar-refractivity contribution in [2.45, 2.75) is 25.2 Å². The van der Waals surface area contributed by atoms with E-state index in [9.17, 15) is 5.11 Å². The van der Waals surface area contributed by atoms with Crippen molar-refractivity contribution in [1.82, 2.24) is 9.97 Å². The summed E-state index contributed by atoms with van der Waals surface area (Å²) in [4.78, 5) is 9.13. The van der Waals surface area contributed by atoms with Gasteiger partial charge in [-0.15, -0.1) is 0 Å². The molecule has 1 fully saturated rings. The van der Waals surface area contributed by atoms with Crippen LogP contribution in [0.2, 0.25) is 0 Å². The highest BCUT2D eigenvalue weighted by Crippen LogP contribution is 2.46. The molecule has 1 aliphatic carbocycles. The van der Waals surface area contributed by atoms with Gasteiger partial charge in [-0.2, -0.15) is 0 Å². The lowest BCUT2D eigenvalue weighted by Gasteiger charge is -2.12. The maximum absolute atomic E-state index is 9.48. The molecule has 0 spiro atoms. The van der Waals surface area contributed by atoms with Crippen LogP contribution < -0.4 is 0 Å². The summed E-state index contributed by atoms with van der Waals surface area (Å²) in [5.41, 5.74) is 2.82. The smallest absolute Gasteiger partial charge is 0.137 e. The van der Waals surface area contributed by atoms with Gasteiger partial charge in [0.05, 0.1) is 17.7 Å². The molecule has 18 heavy (non-hydrogen) atoms. The third-order valence-electron chi connectivity index (χ3n) is 3.55. The maximum atomic E-state index is 9.48. The quantitative estimate of drug-likeness (QED) is 0.896. The summed E-state index contributed by atoms with van der Waals surface area (Å²) in [6.07, 6.45) is 1.97. The van der Waals surface area contributed by atoms with Crippen LogP contribution in [0.1, 0.15) is 24.4 Å². The average molecular weight is 240 g/mol. The van der Waals surface area contributed by atoms with E-state index >= 15 is 0 Å². The molecule has 3 heteroatoms. The number of aryl methyl sites for hydroxylation is 1. The fraction of sp³-hybridized carbons (Fsp3) is 0.333. The Kier molecular flexibility index (Phi) is 2.63. The van der Waals surface area contributed by atoms with E-state index in [1.54, 1.807) is 0 Å². The molecule has 3 nitrogen and oxygen atoms in total. The highest BCUT2D eigenvalue weighted by Gasteiger charge is 2.46. The van der Waals surface area contributed by atoms with Crippen molar-refractivity contribution in [2.75, 3.05) is 6.61 Å². The molecule has 1 heterocycles. The molecule has 92 valence electrons. The van der Waals surface area contributed by atoms with E-state index in [0.29, 0.717) is 0 Å². The van der Waals surface area contributed by atoms with Gasteiger partial charge in [0.25, 0.3) is 0 Å². The number of hydrogen-bond donors (Lipinski definition) is 1. The van der Waals surface area contributed by atoms with Gasteiger partial charge in [-0.3, -0.25) is 0 Å². The lowest BCUT2D eigenvalue weighted by molar-refractivity contribution is 0.249. The fourth-order valence-electron chi connectivity index (χ4n) is 2.17. The van der Waals surface area contributed by atoms with Crippen LogP contribution >= 0.6 is 0 Å². The summed E-state index contributed by atoms with van der Waals surface area (Å²) >= 11 is 0. The van der Waals surface area contributed by atoms with Crippen LogP contribution in [0.5, 0.6) is 0 Å². The molecular weight excluding hydrogens is 224 g/mol. The van der Waals surface area contributed by atoms with Crippen molar-refractivity contribution in [2.24, 2.45) is 0 Å². The number of benzene rings is 1. The maximum Gasteiger partial charge on any atom is 0.137 e. The van der Waals surface area contributed by atoms with Gasteiger partial charge < -0.3 is 5.11 Å². The summed E-state index contributed by atoms with van der Waals surface area (Å²) in [7, 11) is 0. The lowest BCUT2D eigenvalue weighted by Crippen LogP contribution is -2.17. The van der Waals surface area contributed by atoms with E-state index in [2.05, 4.69) is 9.97 Å². The lowest BCUT2D eigenvalue weighted by atomic mass is 10.1. The number of rotatable bonds is 3. The Hall–Kier alpha value is -1.74. The first-order valence-corrected chi connectivity index (χ1v) is 6.26. The van der Waals surface area contributed by atoms with Gasteiger partial charge in [-0.1, -0.05) is 30.3 Å². The zero-order valence-electron chi connectivity index (χ0n) is 10.4. The van der Waals surface area contributed by atoms with Gasteiger partial charge >= 0.3 is 0 Å². The molecule has 0 saturated heterocycles. The first-order valence-electron chi connectivity index (χ1n) is 6.26. The van der Waals surface area contributed by atoms with E-state index < -0.39 is 0 Å². The van der Waals surface area contributed by atoms with Gasteiger partial charge in [-0.05, 0) is 25.8 Å². The van der Waals surface area contributed by atoms with Crippen molar-refractivity contribution < 1.29 is 5.11 Å². The highest BCUT2D eigenvalue weighted by molar-refractivity contribution is 5.59. The van der Waals surface area contributed by atoms with Crippen LogP contribution in [-0.4, -0.2) is 21.7 Å². The molecule has 1 N–H and O–H groups in total. The SMILES string of the molecule is Cc1cc(-c2ccccc2)nc(C2(CO)CC2)n1. The molecule has 3 rings (SSSR count). The van der Waals surface area contributed by atoms with Gasteiger partial charge in [0, 0.05) is 11.3 Å². The zero-order chi connectivity index (χ0) is 12.6.